The van der Waals surface area contributed by atoms with E-state index in [0.717, 1.165) is 0 Å². The van der Waals surface area contributed by atoms with Crippen LogP contribution in [-0.4, -0.2) is 77.1 Å². The number of aliphatic hydroxyl groups is 2. The predicted octanol–water partition coefficient (Wildman–Crippen LogP) is 0.659. The van der Waals surface area contributed by atoms with E-state index in [9.17, 15) is 29.7 Å². The van der Waals surface area contributed by atoms with Crippen LogP contribution in [0.5, 0.6) is 5.75 Å². The molecule has 0 unspecified atom stereocenters. The number of benzene rings is 1. The van der Waals surface area contributed by atoms with Crippen molar-refractivity contribution in [3.63, 3.8) is 0 Å². The molecule has 6 N–H and O–H groups in total. The molecule has 0 spiro atoms. The lowest BCUT2D eigenvalue weighted by Crippen LogP contribution is -2.66. The molecule has 0 heterocycles. The standard InChI is InChI=1S/C25H31N3O8/c1-5-36-27-10-12-7-6-11-8-13-9-14-18(28(2)3)21(31)17(24(26)34)23(33)25(14,35-4)22(32)16(13)20(30)15(11)19(12)29/h6-7,13-14,18,27,29-30,33H,5,8-10H2,1-4H3,(H2,26,34)/t13-,14-,18-,25-/m0/s1. The van der Waals surface area contributed by atoms with Gasteiger partial charge in [-0.3, -0.25) is 19.3 Å². The number of likely N-dealkylation sites (N-methyl/N-ethyl adjacent to an activating group) is 1. The van der Waals surface area contributed by atoms with Crippen LogP contribution in [0.4, 0.5) is 0 Å². The van der Waals surface area contributed by atoms with Crippen LogP contribution in [0.25, 0.3) is 5.76 Å². The van der Waals surface area contributed by atoms with Gasteiger partial charge >= 0.3 is 0 Å². The Balaban J connectivity index is 1.91. The smallest absolute Gasteiger partial charge is 0.255 e. The van der Waals surface area contributed by atoms with Crippen molar-refractivity contribution < 1.29 is 39.3 Å². The highest BCUT2D eigenvalue weighted by Gasteiger charge is 2.65. The third kappa shape index (κ3) is 3.53. The number of aromatic hydroxyl groups is 1. The van der Waals surface area contributed by atoms with Crippen LogP contribution in [0.3, 0.4) is 0 Å². The molecule has 3 aliphatic carbocycles. The van der Waals surface area contributed by atoms with E-state index in [-0.39, 0.29) is 29.9 Å². The summed E-state index contributed by atoms with van der Waals surface area (Å²) in [6.07, 6.45) is 0.502. The molecule has 36 heavy (non-hydrogen) atoms. The molecule has 1 aromatic carbocycles. The minimum Gasteiger partial charge on any atom is -0.508 e. The fourth-order valence-corrected chi connectivity index (χ4v) is 5.96. The van der Waals surface area contributed by atoms with Gasteiger partial charge in [-0.25, -0.2) is 0 Å². The number of carbonyl (C=O) groups excluding carboxylic acids is 3. The van der Waals surface area contributed by atoms with Crippen LogP contribution in [-0.2, 0) is 36.9 Å². The number of phenolic OH excluding ortho intramolecular Hbond substituents is 1. The normalized spacial score (nSPS) is 27.8. The summed E-state index contributed by atoms with van der Waals surface area (Å²) in [6, 6.07) is 2.51. The van der Waals surface area contributed by atoms with Crippen molar-refractivity contribution in [1.29, 1.82) is 0 Å². The van der Waals surface area contributed by atoms with E-state index in [1.807, 2.05) is 0 Å². The van der Waals surface area contributed by atoms with Crippen LogP contribution < -0.4 is 11.2 Å². The average molecular weight is 502 g/mol. The number of phenols is 1. The predicted molar refractivity (Wildman–Crippen MR) is 128 cm³/mol. The number of hydrogen-bond donors (Lipinski definition) is 5. The van der Waals surface area contributed by atoms with E-state index in [2.05, 4.69) is 5.48 Å². The first-order chi connectivity index (χ1) is 17.0. The molecule has 11 heteroatoms. The molecule has 1 fully saturated rings. The summed E-state index contributed by atoms with van der Waals surface area (Å²) in [4.78, 5) is 46.2. The van der Waals surface area contributed by atoms with Gasteiger partial charge < -0.3 is 30.6 Å². The summed E-state index contributed by atoms with van der Waals surface area (Å²) < 4.78 is 5.64. The Kier molecular flexibility index (Phi) is 6.69. The van der Waals surface area contributed by atoms with Crippen molar-refractivity contribution in [2.24, 2.45) is 17.6 Å². The molecular weight excluding hydrogens is 470 g/mol. The minimum atomic E-state index is -2.10. The third-order valence-corrected chi connectivity index (χ3v) is 7.48. The third-order valence-electron chi connectivity index (χ3n) is 7.48. The van der Waals surface area contributed by atoms with E-state index in [1.165, 1.54) is 7.11 Å². The molecule has 194 valence electrons. The first kappa shape index (κ1) is 25.8. The molecule has 0 aromatic heterocycles. The topological polar surface area (TPSA) is 172 Å². The number of rotatable bonds is 7. The largest absolute Gasteiger partial charge is 0.508 e. The van der Waals surface area contributed by atoms with Crippen molar-refractivity contribution >= 4 is 23.2 Å². The van der Waals surface area contributed by atoms with Crippen LogP contribution in [0, 0.1) is 11.8 Å². The molecule has 0 aliphatic heterocycles. The maximum absolute atomic E-state index is 14.1. The van der Waals surface area contributed by atoms with Crippen LogP contribution in [0.2, 0.25) is 0 Å². The maximum Gasteiger partial charge on any atom is 0.255 e. The number of Topliss-reactive ketones (excluding diaryl/α,β-unsaturated/α-hetero) is 2. The van der Waals surface area contributed by atoms with E-state index >= 15 is 0 Å². The fraction of sp³-hybridized carbons (Fsp3) is 0.480. The average Bonchev–Trinajstić information content (AvgIpc) is 2.80. The number of hydroxylamine groups is 1. The highest BCUT2D eigenvalue weighted by Crippen LogP contribution is 2.54. The quantitative estimate of drug-likeness (QED) is 0.203. The lowest BCUT2D eigenvalue weighted by atomic mass is 9.57. The highest BCUT2D eigenvalue weighted by atomic mass is 16.6. The molecule has 3 aliphatic rings. The molecule has 4 rings (SSSR count). The van der Waals surface area contributed by atoms with Gasteiger partial charge in [0.1, 0.15) is 22.8 Å². The van der Waals surface area contributed by atoms with Gasteiger partial charge in [-0.1, -0.05) is 12.1 Å². The Morgan fingerprint density at radius 3 is 2.53 bits per heavy atom. The number of methoxy groups -OCH3 is 1. The summed E-state index contributed by atoms with van der Waals surface area (Å²) in [7, 11) is 4.46. The zero-order valence-corrected chi connectivity index (χ0v) is 20.6. The molecule has 0 radical (unpaired) electrons. The summed E-state index contributed by atoms with van der Waals surface area (Å²) >= 11 is 0. The monoisotopic (exact) mass is 501 g/mol. The number of fused-ring (bicyclic) bond motifs is 3. The second kappa shape index (κ2) is 9.32. The van der Waals surface area contributed by atoms with Gasteiger partial charge in [0.15, 0.2) is 11.4 Å². The zero-order chi connectivity index (χ0) is 26.5. The zero-order valence-electron chi connectivity index (χ0n) is 20.6. The number of ketones is 2. The molecule has 11 nitrogen and oxygen atoms in total. The maximum atomic E-state index is 14.1. The number of amides is 1. The first-order valence-electron chi connectivity index (χ1n) is 11.7. The number of nitrogens with two attached hydrogens (primary N) is 1. The fourth-order valence-electron chi connectivity index (χ4n) is 5.96. The molecule has 1 amide bonds. The Bertz CT molecular complexity index is 1200. The number of primary amides is 1. The van der Waals surface area contributed by atoms with E-state index < -0.39 is 58.0 Å². The van der Waals surface area contributed by atoms with Crippen molar-refractivity contribution in [1.82, 2.24) is 10.4 Å². The minimum absolute atomic E-state index is 0.0342. The Hall–Kier alpha value is -3.25. The van der Waals surface area contributed by atoms with Crippen LogP contribution in [0.1, 0.15) is 30.0 Å². The molecule has 0 saturated heterocycles. The molecule has 4 atom stereocenters. The van der Waals surface area contributed by atoms with Crippen molar-refractivity contribution in [3.05, 3.63) is 45.7 Å². The Morgan fingerprint density at radius 2 is 1.94 bits per heavy atom. The van der Waals surface area contributed by atoms with E-state index in [0.29, 0.717) is 24.2 Å². The first-order valence-corrected chi connectivity index (χ1v) is 11.7. The van der Waals surface area contributed by atoms with Gasteiger partial charge in [-0.2, -0.15) is 5.48 Å². The van der Waals surface area contributed by atoms with Gasteiger partial charge in [0.25, 0.3) is 5.91 Å². The van der Waals surface area contributed by atoms with Crippen molar-refractivity contribution in [2.45, 2.75) is 38.0 Å². The second-order valence-corrected chi connectivity index (χ2v) is 9.50. The summed E-state index contributed by atoms with van der Waals surface area (Å²) in [5.41, 5.74) is 6.51. The molecule has 1 aromatic rings. The highest BCUT2D eigenvalue weighted by molar-refractivity contribution is 6.24. The van der Waals surface area contributed by atoms with Gasteiger partial charge in [0.05, 0.1) is 18.2 Å². The van der Waals surface area contributed by atoms with Gasteiger partial charge in [0.2, 0.25) is 5.78 Å². The number of nitrogens with zero attached hydrogens (tertiary/aromatic N) is 1. The van der Waals surface area contributed by atoms with Crippen LogP contribution >= 0.6 is 0 Å². The van der Waals surface area contributed by atoms with Crippen molar-refractivity contribution in [3.8, 4) is 5.75 Å². The second-order valence-electron chi connectivity index (χ2n) is 9.50. The molecule has 0 bridgehead atoms. The molecular formula is C25H31N3O8. The Labute approximate surface area is 208 Å². The number of carbonyl (C=O) groups is 3. The van der Waals surface area contributed by atoms with Crippen molar-refractivity contribution in [2.75, 3.05) is 27.8 Å². The van der Waals surface area contributed by atoms with Gasteiger partial charge in [-0.15, -0.1) is 0 Å². The number of ether oxygens (including phenoxy) is 1. The SMILES string of the molecule is CCONCc1ccc2c(c1O)C(O)=C1C(=O)[C@]3(OC)C(O)=C(C(N)=O)C(=O)[C@@H](N(C)C)[C@@H]3C[C@@H]1C2. The summed E-state index contributed by atoms with van der Waals surface area (Å²) in [5.74, 6) is -5.48. The summed E-state index contributed by atoms with van der Waals surface area (Å²) in [5, 5.41) is 33.4. The number of aliphatic hydroxyl groups excluding tert-OH is 2. The molecule has 1 saturated carbocycles. The number of nitrogens with one attached hydrogen (secondary N) is 1. The van der Waals surface area contributed by atoms with Gasteiger partial charge in [0, 0.05) is 30.7 Å². The number of hydrogen-bond acceptors (Lipinski definition) is 10. The lowest BCUT2D eigenvalue weighted by Gasteiger charge is -2.51. The van der Waals surface area contributed by atoms with Crippen LogP contribution in [0.15, 0.2) is 29.0 Å². The van der Waals surface area contributed by atoms with E-state index in [1.54, 1.807) is 38.1 Å². The van der Waals surface area contributed by atoms with E-state index in [4.69, 9.17) is 15.3 Å². The lowest BCUT2D eigenvalue weighted by molar-refractivity contribution is -0.159. The Morgan fingerprint density at radius 1 is 1.25 bits per heavy atom. The van der Waals surface area contributed by atoms with Gasteiger partial charge in [-0.05, 0) is 45.3 Å². The summed E-state index contributed by atoms with van der Waals surface area (Å²) in [6.45, 7) is 2.38.